The van der Waals surface area contributed by atoms with Crippen molar-refractivity contribution in [1.82, 2.24) is 9.97 Å². The van der Waals surface area contributed by atoms with Crippen molar-refractivity contribution in [2.24, 2.45) is 5.73 Å². The van der Waals surface area contributed by atoms with Gasteiger partial charge in [-0.2, -0.15) is 0 Å². The zero-order chi connectivity index (χ0) is 12.3. The van der Waals surface area contributed by atoms with Crippen molar-refractivity contribution in [3.8, 4) is 11.5 Å². The molecule has 0 spiro atoms. The Kier molecular flexibility index (Phi) is 3.30. The van der Waals surface area contributed by atoms with Crippen molar-refractivity contribution in [3.63, 3.8) is 0 Å². The molecule has 2 N–H and O–H groups in total. The lowest BCUT2D eigenvalue weighted by atomic mass is 10.3. The SMILES string of the molecule is Cc1ccc(Oc2cccnc2C(N)=S)cn1. The second-order valence-corrected chi connectivity index (χ2v) is 3.89. The van der Waals surface area contributed by atoms with Gasteiger partial charge in [0.05, 0.1) is 6.20 Å². The van der Waals surface area contributed by atoms with Crippen LogP contribution in [0.25, 0.3) is 0 Å². The Bertz CT molecular complexity index is 540. The largest absolute Gasteiger partial charge is 0.453 e. The van der Waals surface area contributed by atoms with Crippen LogP contribution in [-0.4, -0.2) is 15.0 Å². The molecule has 2 heterocycles. The number of aromatic nitrogens is 2. The number of hydrogen-bond acceptors (Lipinski definition) is 4. The quantitative estimate of drug-likeness (QED) is 0.840. The normalized spacial score (nSPS) is 9.94. The third kappa shape index (κ3) is 2.76. The van der Waals surface area contributed by atoms with Gasteiger partial charge in [-0.3, -0.25) is 4.98 Å². The molecule has 17 heavy (non-hydrogen) atoms. The third-order valence-corrected chi connectivity index (χ3v) is 2.31. The Morgan fingerprint density at radius 1 is 1.29 bits per heavy atom. The second-order valence-electron chi connectivity index (χ2n) is 3.45. The van der Waals surface area contributed by atoms with Crippen molar-refractivity contribution < 1.29 is 4.74 Å². The second kappa shape index (κ2) is 4.88. The van der Waals surface area contributed by atoms with Gasteiger partial charge in [0.25, 0.3) is 0 Å². The van der Waals surface area contributed by atoms with E-state index in [1.807, 2.05) is 19.1 Å². The maximum Gasteiger partial charge on any atom is 0.156 e. The average Bonchev–Trinajstić information content (AvgIpc) is 2.32. The standard InChI is InChI=1S/C12H11N3OS/c1-8-4-5-9(7-15-8)16-10-3-2-6-14-11(10)12(13)17/h2-7H,1H3,(H2,13,17). The summed E-state index contributed by atoms with van der Waals surface area (Å²) in [6, 6.07) is 7.23. The first-order valence-electron chi connectivity index (χ1n) is 5.02. The van der Waals surface area contributed by atoms with E-state index in [-0.39, 0.29) is 4.99 Å². The molecule has 0 saturated carbocycles. The number of rotatable bonds is 3. The Morgan fingerprint density at radius 2 is 2.12 bits per heavy atom. The molecular formula is C12H11N3OS. The van der Waals surface area contributed by atoms with Crippen molar-refractivity contribution in [2.75, 3.05) is 0 Å². The third-order valence-electron chi connectivity index (χ3n) is 2.12. The average molecular weight is 245 g/mol. The summed E-state index contributed by atoms with van der Waals surface area (Å²) in [7, 11) is 0. The monoisotopic (exact) mass is 245 g/mol. The molecule has 0 fully saturated rings. The molecule has 2 rings (SSSR count). The van der Waals surface area contributed by atoms with Crippen LogP contribution in [0.3, 0.4) is 0 Å². The highest BCUT2D eigenvalue weighted by atomic mass is 32.1. The number of hydrogen-bond donors (Lipinski definition) is 1. The van der Waals surface area contributed by atoms with Crippen LogP contribution in [0.5, 0.6) is 11.5 Å². The first-order valence-corrected chi connectivity index (χ1v) is 5.43. The molecule has 0 aliphatic heterocycles. The van der Waals surface area contributed by atoms with Crippen LogP contribution in [0, 0.1) is 6.92 Å². The predicted molar refractivity (Wildman–Crippen MR) is 69.2 cm³/mol. The fourth-order valence-electron chi connectivity index (χ4n) is 1.30. The maximum atomic E-state index is 5.63. The lowest BCUT2D eigenvalue weighted by molar-refractivity contribution is 0.476. The van der Waals surface area contributed by atoms with E-state index in [9.17, 15) is 0 Å². The minimum Gasteiger partial charge on any atom is -0.453 e. The number of pyridine rings is 2. The van der Waals surface area contributed by atoms with Crippen LogP contribution in [-0.2, 0) is 0 Å². The summed E-state index contributed by atoms with van der Waals surface area (Å²) >= 11 is 4.91. The van der Waals surface area contributed by atoms with Crippen molar-refractivity contribution in [1.29, 1.82) is 0 Å². The van der Waals surface area contributed by atoms with Crippen LogP contribution in [0.4, 0.5) is 0 Å². The fraction of sp³-hybridized carbons (Fsp3) is 0.0833. The molecule has 0 amide bonds. The van der Waals surface area contributed by atoms with Crippen LogP contribution >= 0.6 is 12.2 Å². The van der Waals surface area contributed by atoms with E-state index in [2.05, 4.69) is 9.97 Å². The minimum absolute atomic E-state index is 0.209. The molecule has 0 aromatic carbocycles. The van der Waals surface area contributed by atoms with Gasteiger partial charge in [0.1, 0.15) is 16.4 Å². The predicted octanol–water partition coefficient (Wildman–Crippen LogP) is 2.21. The number of nitrogens with zero attached hydrogens (tertiary/aromatic N) is 2. The summed E-state index contributed by atoms with van der Waals surface area (Å²) in [5.74, 6) is 1.16. The summed E-state index contributed by atoms with van der Waals surface area (Å²) in [5.41, 5.74) is 6.97. The molecule has 4 nitrogen and oxygen atoms in total. The Hall–Kier alpha value is -2.01. The van der Waals surface area contributed by atoms with Gasteiger partial charge in [0, 0.05) is 11.9 Å². The summed E-state index contributed by atoms with van der Waals surface area (Å²) in [6.45, 7) is 1.91. The number of ether oxygens (including phenoxy) is 1. The van der Waals surface area contributed by atoms with Crippen LogP contribution in [0.2, 0.25) is 0 Å². The van der Waals surface area contributed by atoms with Crippen LogP contribution < -0.4 is 10.5 Å². The van der Waals surface area contributed by atoms with Gasteiger partial charge in [-0.15, -0.1) is 0 Å². The fourth-order valence-corrected chi connectivity index (χ4v) is 1.45. The van der Waals surface area contributed by atoms with Crippen LogP contribution in [0.1, 0.15) is 11.4 Å². The molecule has 0 unspecified atom stereocenters. The van der Waals surface area contributed by atoms with E-state index >= 15 is 0 Å². The topological polar surface area (TPSA) is 61.0 Å². The molecule has 2 aromatic heterocycles. The van der Waals surface area contributed by atoms with Gasteiger partial charge in [-0.1, -0.05) is 12.2 Å². The van der Waals surface area contributed by atoms with E-state index in [0.29, 0.717) is 17.2 Å². The smallest absolute Gasteiger partial charge is 0.156 e. The first-order chi connectivity index (χ1) is 8.16. The zero-order valence-corrected chi connectivity index (χ0v) is 10.1. The number of aryl methyl sites for hydroxylation is 1. The lowest BCUT2D eigenvalue weighted by Crippen LogP contribution is -2.12. The minimum atomic E-state index is 0.209. The summed E-state index contributed by atoms with van der Waals surface area (Å²) in [5, 5.41) is 0. The Balaban J connectivity index is 2.30. The van der Waals surface area contributed by atoms with Crippen LogP contribution in [0.15, 0.2) is 36.7 Å². The van der Waals surface area contributed by atoms with Crippen molar-refractivity contribution in [2.45, 2.75) is 6.92 Å². The van der Waals surface area contributed by atoms with E-state index in [1.54, 1.807) is 24.5 Å². The first kappa shape index (κ1) is 11.5. The van der Waals surface area contributed by atoms with E-state index < -0.39 is 0 Å². The van der Waals surface area contributed by atoms with Gasteiger partial charge in [0.15, 0.2) is 5.75 Å². The molecule has 0 aliphatic carbocycles. The van der Waals surface area contributed by atoms with E-state index in [1.165, 1.54) is 0 Å². The highest BCUT2D eigenvalue weighted by Gasteiger charge is 2.08. The molecule has 86 valence electrons. The molecule has 0 bridgehead atoms. The molecule has 0 aliphatic rings. The molecule has 0 radical (unpaired) electrons. The van der Waals surface area contributed by atoms with Gasteiger partial charge in [-0.05, 0) is 31.2 Å². The highest BCUT2D eigenvalue weighted by Crippen LogP contribution is 2.23. The maximum absolute atomic E-state index is 5.63. The number of nitrogens with two attached hydrogens (primary N) is 1. The van der Waals surface area contributed by atoms with Crippen molar-refractivity contribution in [3.05, 3.63) is 48.0 Å². The van der Waals surface area contributed by atoms with Gasteiger partial charge in [0.2, 0.25) is 0 Å². The van der Waals surface area contributed by atoms with Gasteiger partial charge in [-0.25, -0.2) is 4.98 Å². The summed E-state index contributed by atoms with van der Waals surface area (Å²) in [4.78, 5) is 8.43. The number of thiocarbonyl (C=S) groups is 1. The van der Waals surface area contributed by atoms with Crippen molar-refractivity contribution >= 4 is 17.2 Å². The Labute approximate surface area is 104 Å². The lowest BCUT2D eigenvalue weighted by Gasteiger charge is -2.08. The molecular weight excluding hydrogens is 234 g/mol. The molecule has 2 aromatic rings. The summed E-state index contributed by atoms with van der Waals surface area (Å²) < 4.78 is 5.63. The molecule has 0 saturated heterocycles. The highest BCUT2D eigenvalue weighted by molar-refractivity contribution is 7.80. The van der Waals surface area contributed by atoms with E-state index in [4.69, 9.17) is 22.7 Å². The zero-order valence-electron chi connectivity index (χ0n) is 9.25. The van der Waals surface area contributed by atoms with E-state index in [0.717, 1.165) is 5.69 Å². The summed E-state index contributed by atoms with van der Waals surface area (Å²) in [6.07, 6.45) is 3.26. The van der Waals surface area contributed by atoms with Gasteiger partial charge >= 0.3 is 0 Å². The van der Waals surface area contributed by atoms with Gasteiger partial charge < -0.3 is 10.5 Å². The molecule has 0 atom stereocenters. The Morgan fingerprint density at radius 3 is 2.76 bits per heavy atom. The molecule has 5 heteroatoms.